The lowest BCUT2D eigenvalue weighted by Crippen LogP contribution is -2.41. The van der Waals surface area contributed by atoms with Crippen molar-refractivity contribution in [1.82, 2.24) is 14.1 Å². The molecule has 0 unspecified atom stereocenters. The highest BCUT2D eigenvalue weighted by molar-refractivity contribution is 6.62. The van der Waals surface area contributed by atoms with Crippen molar-refractivity contribution in [2.24, 2.45) is 0 Å². The topological polar surface area (TPSA) is 76.7 Å². The molecule has 5 rings (SSSR count). The number of methoxy groups -OCH3 is 1. The number of hydrogen-bond donors (Lipinski definition) is 0. The lowest BCUT2D eigenvalue weighted by molar-refractivity contribution is -0.0638. The number of ether oxygens (including phenoxy) is 2. The van der Waals surface area contributed by atoms with E-state index in [-0.39, 0.29) is 25.0 Å². The minimum atomic E-state index is -0.557. The summed E-state index contributed by atoms with van der Waals surface area (Å²) in [4.78, 5) is 18.5. The lowest BCUT2D eigenvalue weighted by atomic mass is 9.80. The average molecular weight is 470 g/mol. The Morgan fingerprint density at radius 2 is 2.06 bits per heavy atom. The van der Waals surface area contributed by atoms with Crippen molar-refractivity contribution in [3.63, 3.8) is 0 Å². The van der Waals surface area contributed by atoms with Gasteiger partial charge in [0.1, 0.15) is 0 Å². The third-order valence-electron chi connectivity index (χ3n) is 7.81. The summed E-state index contributed by atoms with van der Waals surface area (Å²) in [6.07, 6.45) is 9.21. The summed E-state index contributed by atoms with van der Waals surface area (Å²) < 4.78 is 35.0. The maximum Gasteiger partial charge on any atom is 0.496 e. The van der Waals surface area contributed by atoms with E-state index in [9.17, 15) is 4.79 Å². The second-order valence-electron chi connectivity index (χ2n) is 10.7. The molecule has 2 saturated heterocycles. The zero-order valence-corrected chi connectivity index (χ0v) is 20.7. The molecule has 2 aromatic heterocycles. The number of imidazole rings is 1. The molecule has 0 aromatic carbocycles. The van der Waals surface area contributed by atoms with Gasteiger partial charge in [0.15, 0.2) is 5.65 Å². The maximum atomic E-state index is 13.8. The van der Waals surface area contributed by atoms with Crippen LogP contribution in [0.2, 0.25) is 0 Å². The second kappa shape index (κ2) is 8.93. The maximum absolute atomic E-state index is 13.8. The number of allylic oxidation sites excluding steroid dienone is 2. The first-order valence-electron chi connectivity index (χ1n) is 13.1. The summed E-state index contributed by atoms with van der Waals surface area (Å²) in [6.45, 7) is 9.06. The van der Waals surface area contributed by atoms with Gasteiger partial charge in [0.25, 0.3) is 0 Å². The van der Waals surface area contributed by atoms with Gasteiger partial charge in [-0.25, -0.2) is 14.3 Å². The molecule has 0 radical (unpaired) electrons. The molecule has 2 atom stereocenters. The number of hydrogen-bond acceptors (Lipinski definition) is 6. The zero-order valence-electron chi connectivity index (χ0n) is 21.7. The van der Waals surface area contributed by atoms with E-state index in [0.29, 0.717) is 25.2 Å². The number of pyridine rings is 1. The minimum absolute atomic E-state index is 0.0187. The molecule has 8 nitrogen and oxygen atoms in total. The number of aromatic nitrogens is 3. The van der Waals surface area contributed by atoms with E-state index in [1.165, 1.54) is 0 Å². The third-order valence-corrected chi connectivity index (χ3v) is 7.81. The highest BCUT2D eigenvalue weighted by Crippen LogP contribution is 2.36. The van der Waals surface area contributed by atoms with Crippen molar-refractivity contribution in [2.45, 2.75) is 96.2 Å². The van der Waals surface area contributed by atoms with Gasteiger partial charge in [-0.05, 0) is 65.9 Å². The molecular formula is C25H36BN3O5. The van der Waals surface area contributed by atoms with Gasteiger partial charge in [-0.15, -0.1) is 0 Å². The van der Waals surface area contributed by atoms with Crippen molar-refractivity contribution in [2.75, 3.05) is 13.7 Å². The number of rotatable bonds is 5. The summed E-state index contributed by atoms with van der Waals surface area (Å²) in [7, 11) is -0.620. The average Bonchev–Trinajstić information content (AvgIpc) is 3.22. The summed E-state index contributed by atoms with van der Waals surface area (Å²) in [5.74, 6) is 0. The molecule has 0 bridgehead atoms. The normalized spacial score (nSPS) is 27.1. The van der Waals surface area contributed by atoms with Gasteiger partial charge >= 0.3 is 12.8 Å². The summed E-state index contributed by atoms with van der Waals surface area (Å²) in [5.41, 5.74) is 2.18. The van der Waals surface area contributed by atoms with Crippen molar-refractivity contribution < 1.29 is 20.2 Å². The fourth-order valence-corrected chi connectivity index (χ4v) is 5.04. The lowest BCUT2D eigenvalue weighted by Gasteiger charge is -2.32. The Bertz CT molecular complexity index is 1160. The molecular weight excluding hydrogens is 433 g/mol. The Morgan fingerprint density at radius 1 is 1.26 bits per heavy atom. The smallest absolute Gasteiger partial charge is 0.399 e. The first-order valence-corrected chi connectivity index (χ1v) is 12.4. The highest BCUT2D eigenvalue weighted by atomic mass is 16.7. The van der Waals surface area contributed by atoms with Crippen LogP contribution in [0.3, 0.4) is 0 Å². The van der Waals surface area contributed by atoms with Crippen LogP contribution in [-0.2, 0) is 25.3 Å². The highest BCUT2D eigenvalue weighted by Gasteiger charge is 2.52. The Balaban J connectivity index is 1.55. The molecule has 2 aliphatic heterocycles. The van der Waals surface area contributed by atoms with Gasteiger partial charge in [0.2, 0.25) is 0 Å². The van der Waals surface area contributed by atoms with Crippen LogP contribution in [0.1, 0.15) is 67.6 Å². The van der Waals surface area contributed by atoms with E-state index in [1.54, 1.807) is 15.3 Å². The van der Waals surface area contributed by atoms with Crippen molar-refractivity contribution in [3.8, 4) is 0 Å². The van der Waals surface area contributed by atoms with Crippen LogP contribution >= 0.6 is 0 Å². The quantitative estimate of drug-likeness (QED) is 0.626. The molecule has 4 heterocycles. The molecule has 0 amide bonds. The molecule has 0 spiro atoms. The van der Waals surface area contributed by atoms with Gasteiger partial charge in [-0.3, -0.25) is 4.57 Å². The minimum Gasteiger partial charge on any atom is -0.399 e. The predicted octanol–water partition coefficient (Wildman–Crippen LogP) is 3.11. The summed E-state index contributed by atoms with van der Waals surface area (Å²) in [6, 6.07) is 1.98. The van der Waals surface area contributed by atoms with Crippen LogP contribution in [0.15, 0.2) is 23.1 Å². The van der Waals surface area contributed by atoms with Crippen LogP contribution in [0.25, 0.3) is 16.9 Å². The van der Waals surface area contributed by atoms with Crippen LogP contribution in [0.5, 0.6) is 0 Å². The fourth-order valence-electron chi connectivity index (χ4n) is 5.04. The van der Waals surface area contributed by atoms with Crippen molar-refractivity contribution >= 4 is 29.4 Å². The molecule has 2 fully saturated rings. The van der Waals surface area contributed by atoms with E-state index < -0.39 is 18.3 Å². The van der Waals surface area contributed by atoms with Gasteiger partial charge in [0, 0.05) is 37.5 Å². The van der Waals surface area contributed by atoms with E-state index in [2.05, 4.69) is 6.08 Å². The van der Waals surface area contributed by atoms with E-state index in [0.717, 1.165) is 48.8 Å². The monoisotopic (exact) mass is 470 g/mol. The third kappa shape index (κ3) is 4.17. The number of fused-ring (bicyclic) bond motifs is 1. The molecule has 184 valence electrons. The molecule has 9 heteroatoms. The SMILES string of the molecule is [2H]CO[C@@H]1CCO[C@H](Cn2c(=O)n(C3=CCCCC3)c3ncc(B4OC(C)(C)C(C)(C)O4)cc32)C1. The summed E-state index contributed by atoms with van der Waals surface area (Å²) in [5, 5.41) is 0. The van der Waals surface area contributed by atoms with E-state index >= 15 is 0 Å². The molecule has 0 N–H and O–H groups in total. The second-order valence-corrected chi connectivity index (χ2v) is 10.7. The van der Waals surface area contributed by atoms with Gasteiger partial charge in [-0.1, -0.05) is 6.08 Å². The van der Waals surface area contributed by atoms with Crippen molar-refractivity contribution in [3.05, 3.63) is 28.8 Å². The largest absolute Gasteiger partial charge is 0.496 e. The molecule has 3 aliphatic rings. The first-order chi connectivity index (χ1) is 16.7. The van der Waals surface area contributed by atoms with Crippen LogP contribution in [0.4, 0.5) is 0 Å². The molecule has 2 aromatic rings. The molecule has 34 heavy (non-hydrogen) atoms. The standard InChI is InChI=1S/C25H36BN3O5/c1-24(2)25(3,4)34-26(33-24)17-13-21-22(27-15-17)29(18-9-7-6-8-10-18)23(30)28(21)16-20-14-19(31-5)11-12-32-20/h9,13,15,19-20H,6-8,10-12,14,16H2,1-5H3/t19-,20+/m1/s1/i5D. The molecule has 0 saturated carbocycles. The van der Waals surface area contributed by atoms with Crippen LogP contribution in [-0.4, -0.2) is 58.3 Å². The van der Waals surface area contributed by atoms with Crippen LogP contribution in [0, 0.1) is 0 Å². The Kier molecular flexibility index (Phi) is 5.92. The Morgan fingerprint density at radius 3 is 2.76 bits per heavy atom. The number of nitrogens with zero attached hydrogens (tertiary/aromatic N) is 3. The Labute approximate surface area is 202 Å². The van der Waals surface area contributed by atoms with Gasteiger partial charge in [-0.2, -0.15) is 0 Å². The molecule has 1 aliphatic carbocycles. The van der Waals surface area contributed by atoms with Crippen molar-refractivity contribution in [1.29, 1.82) is 0 Å². The zero-order chi connectivity index (χ0) is 24.8. The fraction of sp³-hybridized carbons (Fsp3) is 0.680. The first kappa shape index (κ1) is 22.5. The van der Waals surface area contributed by atoms with E-state index in [1.807, 2.05) is 33.8 Å². The predicted molar refractivity (Wildman–Crippen MR) is 132 cm³/mol. The van der Waals surface area contributed by atoms with Gasteiger partial charge < -0.3 is 18.8 Å². The Hall–Kier alpha value is -1.94. The van der Waals surface area contributed by atoms with E-state index in [4.69, 9.17) is 25.1 Å². The van der Waals surface area contributed by atoms with Crippen LogP contribution < -0.4 is 11.2 Å². The van der Waals surface area contributed by atoms with Gasteiger partial charge in [0.05, 0.1) is 36.8 Å². The summed E-state index contributed by atoms with van der Waals surface area (Å²) >= 11 is 0.